The third kappa shape index (κ3) is 5.75. The molecule has 0 unspecified atom stereocenters. The zero-order valence-corrected chi connectivity index (χ0v) is 18.6. The highest BCUT2D eigenvalue weighted by atomic mass is 35.5. The maximum Gasteiger partial charge on any atom is 0.230 e. The molecule has 4 aromatic rings. The van der Waals surface area contributed by atoms with Crippen molar-refractivity contribution in [3.63, 3.8) is 0 Å². The second-order valence-corrected chi connectivity index (χ2v) is 8.46. The van der Waals surface area contributed by atoms with Crippen molar-refractivity contribution in [2.24, 2.45) is 0 Å². The highest BCUT2D eigenvalue weighted by molar-refractivity contribution is 7.99. The number of rotatable bonds is 8. The lowest BCUT2D eigenvalue weighted by Gasteiger charge is -2.11. The predicted molar refractivity (Wildman–Crippen MR) is 125 cm³/mol. The highest BCUT2D eigenvalue weighted by Gasteiger charge is 2.16. The van der Waals surface area contributed by atoms with Gasteiger partial charge in [0.15, 0.2) is 11.0 Å². The number of hydrogen-bond donors (Lipinski definition) is 1. The van der Waals surface area contributed by atoms with Gasteiger partial charge in [-0.05, 0) is 47.5 Å². The summed E-state index contributed by atoms with van der Waals surface area (Å²) in [6.07, 6.45) is 0. The van der Waals surface area contributed by atoms with E-state index in [-0.39, 0.29) is 17.5 Å². The Morgan fingerprint density at radius 2 is 1.66 bits per heavy atom. The first-order valence-electron chi connectivity index (χ1n) is 9.95. The van der Waals surface area contributed by atoms with Gasteiger partial charge in [0.1, 0.15) is 5.82 Å². The van der Waals surface area contributed by atoms with Gasteiger partial charge in [-0.2, -0.15) is 0 Å². The minimum Gasteiger partial charge on any atom is -0.351 e. The van der Waals surface area contributed by atoms with Crippen molar-refractivity contribution < 1.29 is 9.18 Å². The Hall–Kier alpha value is -3.16. The quantitative estimate of drug-likeness (QED) is 0.363. The van der Waals surface area contributed by atoms with Crippen molar-refractivity contribution in [3.05, 3.63) is 101 Å². The lowest BCUT2D eigenvalue weighted by molar-refractivity contribution is -0.118. The molecule has 0 aliphatic carbocycles. The number of thioether (sulfide) groups is 1. The standard InChI is InChI=1S/C24H20ClFN4OS/c25-20-10-6-17(7-11-20)14-27-22(31)16-32-24-29-28-23(19-8-12-21(26)13-9-19)30(24)15-18-4-2-1-3-5-18/h1-13H,14-16H2,(H,27,31). The van der Waals surface area contributed by atoms with Crippen LogP contribution in [0.25, 0.3) is 11.4 Å². The summed E-state index contributed by atoms with van der Waals surface area (Å²) in [6, 6.07) is 23.4. The van der Waals surface area contributed by atoms with E-state index in [4.69, 9.17) is 11.6 Å². The minimum absolute atomic E-state index is 0.109. The van der Waals surface area contributed by atoms with Crippen molar-refractivity contribution in [3.8, 4) is 11.4 Å². The Labute approximate surface area is 194 Å². The third-order valence-electron chi connectivity index (χ3n) is 4.74. The van der Waals surface area contributed by atoms with E-state index in [0.717, 1.165) is 16.7 Å². The summed E-state index contributed by atoms with van der Waals surface area (Å²) in [5.41, 5.74) is 2.80. The number of halogens is 2. The first-order chi connectivity index (χ1) is 15.6. The van der Waals surface area contributed by atoms with Gasteiger partial charge in [-0.1, -0.05) is 65.8 Å². The van der Waals surface area contributed by atoms with Gasteiger partial charge in [-0.3, -0.25) is 9.36 Å². The van der Waals surface area contributed by atoms with E-state index in [1.165, 1.54) is 23.9 Å². The number of hydrogen-bond acceptors (Lipinski definition) is 4. The SMILES string of the molecule is O=C(CSc1nnc(-c2ccc(F)cc2)n1Cc1ccccc1)NCc1ccc(Cl)cc1. The lowest BCUT2D eigenvalue weighted by atomic mass is 10.2. The Kier molecular flexibility index (Phi) is 7.19. The van der Waals surface area contributed by atoms with Crippen molar-refractivity contribution in [2.45, 2.75) is 18.2 Å². The van der Waals surface area contributed by atoms with Gasteiger partial charge in [0.2, 0.25) is 5.91 Å². The van der Waals surface area contributed by atoms with E-state index in [0.29, 0.717) is 29.1 Å². The van der Waals surface area contributed by atoms with E-state index in [2.05, 4.69) is 15.5 Å². The van der Waals surface area contributed by atoms with Crippen molar-refractivity contribution in [2.75, 3.05) is 5.75 Å². The fourth-order valence-corrected chi connectivity index (χ4v) is 3.99. The van der Waals surface area contributed by atoms with Gasteiger partial charge < -0.3 is 5.32 Å². The normalized spacial score (nSPS) is 10.8. The average Bonchev–Trinajstić information content (AvgIpc) is 3.21. The molecule has 4 rings (SSSR count). The maximum absolute atomic E-state index is 13.4. The van der Waals surface area contributed by atoms with Gasteiger partial charge in [-0.25, -0.2) is 4.39 Å². The molecule has 0 radical (unpaired) electrons. The molecule has 0 aliphatic heterocycles. The first kappa shape index (κ1) is 22.0. The Morgan fingerprint density at radius 1 is 0.938 bits per heavy atom. The Bertz CT molecular complexity index is 1180. The molecule has 1 heterocycles. The van der Waals surface area contributed by atoms with E-state index < -0.39 is 0 Å². The number of aromatic nitrogens is 3. The molecule has 3 aromatic carbocycles. The van der Waals surface area contributed by atoms with Crippen LogP contribution in [-0.2, 0) is 17.9 Å². The Balaban J connectivity index is 1.48. The van der Waals surface area contributed by atoms with Crippen LogP contribution in [0, 0.1) is 5.82 Å². The first-order valence-corrected chi connectivity index (χ1v) is 11.3. The van der Waals surface area contributed by atoms with Crippen LogP contribution in [0.1, 0.15) is 11.1 Å². The van der Waals surface area contributed by atoms with E-state index in [1.54, 1.807) is 24.3 Å². The molecular formula is C24H20ClFN4OS. The molecule has 32 heavy (non-hydrogen) atoms. The fourth-order valence-electron chi connectivity index (χ4n) is 3.10. The van der Waals surface area contributed by atoms with Gasteiger partial charge in [0.05, 0.1) is 12.3 Å². The molecule has 5 nitrogen and oxygen atoms in total. The predicted octanol–water partition coefficient (Wildman–Crippen LogP) is 5.19. The smallest absolute Gasteiger partial charge is 0.230 e. The number of nitrogens with one attached hydrogen (secondary N) is 1. The number of carbonyl (C=O) groups excluding carboxylic acids is 1. The molecule has 1 amide bonds. The molecule has 0 saturated heterocycles. The fraction of sp³-hybridized carbons (Fsp3) is 0.125. The molecule has 8 heteroatoms. The molecule has 0 saturated carbocycles. The minimum atomic E-state index is -0.310. The van der Waals surface area contributed by atoms with Crippen LogP contribution in [0.5, 0.6) is 0 Å². The molecule has 1 N–H and O–H groups in total. The molecule has 0 aliphatic rings. The summed E-state index contributed by atoms with van der Waals surface area (Å²) in [5.74, 6) is 0.402. The number of amides is 1. The monoisotopic (exact) mass is 466 g/mol. The summed E-state index contributed by atoms with van der Waals surface area (Å²) >= 11 is 7.21. The molecule has 1 aromatic heterocycles. The lowest BCUT2D eigenvalue weighted by Crippen LogP contribution is -2.24. The van der Waals surface area contributed by atoms with Crippen LogP contribution in [0.4, 0.5) is 4.39 Å². The number of benzene rings is 3. The van der Waals surface area contributed by atoms with Crippen LogP contribution in [0.3, 0.4) is 0 Å². The largest absolute Gasteiger partial charge is 0.351 e. The van der Waals surface area contributed by atoms with Crippen LogP contribution < -0.4 is 5.32 Å². The van der Waals surface area contributed by atoms with Crippen molar-refractivity contribution >= 4 is 29.3 Å². The van der Waals surface area contributed by atoms with E-state index in [1.807, 2.05) is 47.0 Å². The molecule has 0 atom stereocenters. The van der Waals surface area contributed by atoms with E-state index in [9.17, 15) is 9.18 Å². The summed E-state index contributed by atoms with van der Waals surface area (Å²) in [6.45, 7) is 0.962. The molecule has 0 bridgehead atoms. The molecule has 0 fully saturated rings. The van der Waals surface area contributed by atoms with E-state index >= 15 is 0 Å². The summed E-state index contributed by atoms with van der Waals surface area (Å²) in [5, 5.41) is 12.8. The van der Waals surface area contributed by atoms with Gasteiger partial charge in [-0.15, -0.1) is 10.2 Å². The summed E-state index contributed by atoms with van der Waals surface area (Å²) < 4.78 is 15.3. The molecule has 0 spiro atoms. The summed E-state index contributed by atoms with van der Waals surface area (Å²) in [7, 11) is 0. The molecular weight excluding hydrogens is 447 g/mol. The van der Waals surface area contributed by atoms with Gasteiger partial charge in [0, 0.05) is 17.1 Å². The second-order valence-electron chi connectivity index (χ2n) is 7.08. The average molecular weight is 467 g/mol. The van der Waals surface area contributed by atoms with Gasteiger partial charge >= 0.3 is 0 Å². The zero-order valence-electron chi connectivity index (χ0n) is 17.0. The van der Waals surface area contributed by atoms with Crippen molar-refractivity contribution in [1.29, 1.82) is 0 Å². The highest BCUT2D eigenvalue weighted by Crippen LogP contribution is 2.25. The van der Waals surface area contributed by atoms with Crippen LogP contribution >= 0.6 is 23.4 Å². The zero-order chi connectivity index (χ0) is 22.3. The third-order valence-corrected chi connectivity index (χ3v) is 5.96. The Morgan fingerprint density at radius 3 is 2.38 bits per heavy atom. The van der Waals surface area contributed by atoms with Crippen LogP contribution in [0.15, 0.2) is 84.0 Å². The molecule has 162 valence electrons. The second kappa shape index (κ2) is 10.4. The maximum atomic E-state index is 13.4. The van der Waals surface area contributed by atoms with Crippen LogP contribution in [0.2, 0.25) is 5.02 Å². The van der Waals surface area contributed by atoms with Crippen LogP contribution in [-0.4, -0.2) is 26.4 Å². The summed E-state index contributed by atoms with van der Waals surface area (Å²) in [4.78, 5) is 12.4. The number of carbonyl (C=O) groups is 1. The number of nitrogens with zero attached hydrogens (tertiary/aromatic N) is 3. The van der Waals surface area contributed by atoms with Crippen molar-refractivity contribution in [1.82, 2.24) is 20.1 Å². The topological polar surface area (TPSA) is 59.8 Å². The van der Waals surface area contributed by atoms with Gasteiger partial charge in [0.25, 0.3) is 0 Å².